The van der Waals surface area contributed by atoms with Crippen LogP contribution in [0.2, 0.25) is 0 Å². The van der Waals surface area contributed by atoms with Crippen molar-refractivity contribution >= 4 is 43.2 Å². The van der Waals surface area contributed by atoms with Crippen LogP contribution in [0.3, 0.4) is 0 Å². The molecule has 7 heteroatoms. The maximum Gasteiger partial charge on any atom is 0.300 e. The third-order valence-corrected chi connectivity index (χ3v) is 3.20. The van der Waals surface area contributed by atoms with Gasteiger partial charge in [0, 0.05) is 4.47 Å². The van der Waals surface area contributed by atoms with Crippen molar-refractivity contribution in [1.82, 2.24) is 10.2 Å². The summed E-state index contributed by atoms with van der Waals surface area (Å²) in [4.78, 5) is 0. The summed E-state index contributed by atoms with van der Waals surface area (Å²) < 4.78 is 19.8. The molecule has 1 aromatic carbocycles. The van der Waals surface area contributed by atoms with Gasteiger partial charge in [-0.3, -0.25) is 0 Å². The fourth-order valence-corrected chi connectivity index (χ4v) is 2.15. The highest BCUT2D eigenvalue weighted by Gasteiger charge is 2.08. The number of ether oxygens (including phenoxy) is 1. The Kier molecular flexibility index (Phi) is 3.32. The quantitative estimate of drug-likeness (QED) is 0.818. The minimum atomic E-state index is -0.448. The van der Waals surface area contributed by atoms with Gasteiger partial charge in [-0.05, 0) is 45.5 Å². The average molecular weight is 354 g/mol. The second-order valence-corrected chi connectivity index (χ2v) is 5.63. The Morgan fingerprint density at radius 3 is 2.67 bits per heavy atom. The van der Waals surface area contributed by atoms with Crippen LogP contribution in [0.1, 0.15) is 0 Å². The van der Waals surface area contributed by atoms with Gasteiger partial charge in [0.05, 0.1) is 0 Å². The Labute approximate surface area is 106 Å². The molecule has 2 aromatic rings. The Bertz CT molecular complexity index is 491. The lowest BCUT2D eigenvalue weighted by atomic mass is 10.3. The van der Waals surface area contributed by atoms with Gasteiger partial charge in [0.1, 0.15) is 0 Å². The summed E-state index contributed by atoms with van der Waals surface area (Å²) in [7, 11) is 0. The first-order valence-electron chi connectivity index (χ1n) is 3.77. The molecule has 0 spiro atoms. The second kappa shape index (κ2) is 4.54. The van der Waals surface area contributed by atoms with Crippen molar-refractivity contribution in [3.63, 3.8) is 0 Å². The van der Waals surface area contributed by atoms with Crippen molar-refractivity contribution in [3.05, 3.63) is 32.4 Å². The Balaban J connectivity index is 2.24. The molecule has 78 valence electrons. The molecule has 1 aromatic heterocycles. The molecule has 0 aliphatic carbocycles. The van der Waals surface area contributed by atoms with Crippen molar-refractivity contribution < 1.29 is 9.13 Å². The molecule has 1 heterocycles. The molecule has 0 saturated carbocycles. The highest BCUT2D eigenvalue weighted by molar-refractivity contribution is 9.11. The minimum Gasteiger partial charge on any atom is -0.427 e. The van der Waals surface area contributed by atoms with E-state index in [1.807, 2.05) is 0 Å². The molecular weight excluding hydrogens is 351 g/mol. The molecule has 0 aliphatic heterocycles. The van der Waals surface area contributed by atoms with E-state index in [2.05, 4.69) is 42.1 Å². The summed E-state index contributed by atoms with van der Waals surface area (Å²) in [5.74, 6) is -0.322. The highest BCUT2D eigenvalue weighted by atomic mass is 79.9. The summed E-state index contributed by atoms with van der Waals surface area (Å²) in [5.41, 5.74) is 0. The number of rotatable bonds is 2. The molecule has 0 fully saturated rings. The van der Waals surface area contributed by atoms with Crippen LogP contribution in [0, 0.1) is 5.82 Å². The Morgan fingerprint density at radius 2 is 2.07 bits per heavy atom. The van der Waals surface area contributed by atoms with Crippen LogP contribution in [-0.2, 0) is 0 Å². The maximum absolute atomic E-state index is 13.3. The van der Waals surface area contributed by atoms with Gasteiger partial charge in [-0.1, -0.05) is 21.0 Å². The molecular formula is C8H3Br2FN2OS. The zero-order valence-electron chi connectivity index (χ0n) is 7.08. The highest BCUT2D eigenvalue weighted by Crippen LogP contribution is 2.30. The summed E-state index contributed by atoms with van der Waals surface area (Å²) >= 11 is 7.49. The maximum atomic E-state index is 13.3. The van der Waals surface area contributed by atoms with E-state index in [9.17, 15) is 4.39 Å². The number of nitrogens with zero attached hydrogens (tertiary/aromatic N) is 2. The SMILES string of the molecule is Fc1cc(Br)ccc1Oc1nnc(Br)s1. The average Bonchev–Trinajstić information content (AvgIpc) is 2.56. The predicted molar refractivity (Wildman–Crippen MR) is 61.8 cm³/mol. The number of halogens is 3. The first kappa shape index (κ1) is 11.0. The third kappa shape index (κ3) is 2.73. The normalized spacial score (nSPS) is 10.3. The van der Waals surface area contributed by atoms with Crippen molar-refractivity contribution in [2.45, 2.75) is 0 Å². The van der Waals surface area contributed by atoms with Crippen molar-refractivity contribution in [2.75, 3.05) is 0 Å². The predicted octanol–water partition coefficient (Wildman–Crippen LogP) is 3.99. The molecule has 0 atom stereocenters. The van der Waals surface area contributed by atoms with Crippen LogP contribution in [0.5, 0.6) is 10.9 Å². The van der Waals surface area contributed by atoms with Gasteiger partial charge in [0.25, 0.3) is 5.19 Å². The van der Waals surface area contributed by atoms with Gasteiger partial charge in [-0.25, -0.2) is 4.39 Å². The van der Waals surface area contributed by atoms with E-state index < -0.39 is 5.82 Å². The Hall–Kier alpha value is -0.530. The van der Waals surface area contributed by atoms with E-state index in [0.717, 1.165) is 0 Å². The van der Waals surface area contributed by atoms with Gasteiger partial charge < -0.3 is 4.74 Å². The number of aromatic nitrogens is 2. The largest absolute Gasteiger partial charge is 0.427 e. The number of hydrogen-bond acceptors (Lipinski definition) is 4. The van der Waals surface area contributed by atoms with Crippen molar-refractivity contribution in [3.8, 4) is 10.9 Å². The third-order valence-electron chi connectivity index (χ3n) is 1.47. The molecule has 0 unspecified atom stereocenters. The summed E-state index contributed by atoms with van der Waals surface area (Å²) in [6.07, 6.45) is 0. The lowest BCUT2D eigenvalue weighted by Gasteiger charge is -2.02. The van der Waals surface area contributed by atoms with Crippen LogP contribution >= 0.6 is 43.2 Å². The molecule has 0 bridgehead atoms. The lowest BCUT2D eigenvalue weighted by Crippen LogP contribution is -1.87. The van der Waals surface area contributed by atoms with E-state index >= 15 is 0 Å². The van der Waals surface area contributed by atoms with Crippen LogP contribution < -0.4 is 4.74 Å². The first-order chi connectivity index (χ1) is 7.15. The van der Waals surface area contributed by atoms with Crippen LogP contribution in [0.25, 0.3) is 0 Å². The zero-order chi connectivity index (χ0) is 10.8. The number of benzene rings is 1. The summed E-state index contributed by atoms with van der Waals surface area (Å²) in [6, 6.07) is 4.54. The first-order valence-corrected chi connectivity index (χ1v) is 6.17. The van der Waals surface area contributed by atoms with E-state index in [-0.39, 0.29) is 5.75 Å². The van der Waals surface area contributed by atoms with E-state index in [4.69, 9.17) is 4.74 Å². The van der Waals surface area contributed by atoms with E-state index in [1.165, 1.54) is 23.5 Å². The van der Waals surface area contributed by atoms with Crippen LogP contribution in [0.4, 0.5) is 4.39 Å². The monoisotopic (exact) mass is 352 g/mol. The standard InChI is InChI=1S/C8H3Br2FN2OS/c9-4-1-2-6(5(11)3-4)14-8-13-12-7(10)15-8/h1-3H. The fourth-order valence-electron chi connectivity index (χ4n) is 0.886. The Morgan fingerprint density at radius 1 is 1.27 bits per heavy atom. The van der Waals surface area contributed by atoms with Gasteiger partial charge in [-0.2, -0.15) is 0 Å². The second-order valence-electron chi connectivity index (χ2n) is 2.50. The van der Waals surface area contributed by atoms with Gasteiger partial charge in [0.2, 0.25) is 0 Å². The molecule has 2 rings (SSSR count). The van der Waals surface area contributed by atoms with E-state index in [0.29, 0.717) is 13.6 Å². The number of hydrogen-bond donors (Lipinski definition) is 0. The van der Waals surface area contributed by atoms with Gasteiger partial charge >= 0.3 is 0 Å². The molecule has 15 heavy (non-hydrogen) atoms. The topological polar surface area (TPSA) is 35.0 Å². The van der Waals surface area contributed by atoms with Gasteiger partial charge in [-0.15, -0.1) is 5.10 Å². The minimum absolute atomic E-state index is 0.127. The molecule has 0 amide bonds. The van der Waals surface area contributed by atoms with E-state index in [1.54, 1.807) is 6.07 Å². The van der Waals surface area contributed by atoms with Gasteiger partial charge in [0.15, 0.2) is 15.5 Å². The smallest absolute Gasteiger partial charge is 0.300 e. The fraction of sp³-hybridized carbons (Fsp3) is 0. The lowest BCUT2D eigenvalue weighted by molar-refractivity contribution is 0.435. The molecule has 0 aliphatic rings. The molecule has 0 saturated heterocycles. The summed E-state index contributed by atoms with van der Waals surface area (Å²) in [5, 5.41) is 7.68. The van der Waals surface area contributed by atoms with Crippen LogP contribution in [-0.4, -0.2) is 10.2 Å². The molecule has 0 radical (unpaired) electrons. The molecule has 0 N–H and O–H groups in total. The zero-order valence-corrected chi connectivity index (χ0v) is 11.1. The van der Waals surface area contributed by atoms with Crippen molar-refractivity contribution in [1.29, 1.82) is 0 Å². The van der Waals surface area contributed by atoms with Crippen molar-refractivity contribution in [2.24, 2.45) is 0 Å². The van der Waals surface area contributed by atoms with Crippen LogP contribution in [0.15, 0.2) is 26.6 Å². The summed E-state index contributed by atoms with van der Waals surface area (Å²) in [6.45, 7) is 0. The molecule has 3 nitrogen and oxygen atoms in total.